The Bertz CT molecular complexity index is 577. The van der Waals surface area contributed by atoms with Crippen molar-refractivity contribution in [3.63, 3.8) is 0 Å². The van der Waals surface area contributed by atoms with Gasteiger partial charge in [-0.25, -0.2) is 9.48 Å². The van der Waals surface area contributed by atoms with Crippen molar-refractivity contribution in [2.24, 2.45) is 0 Å². The third kappa shape index (κ3) is 2.22. The first-order valence-electron chi connectivity index (χ1n) is 5.73. The molecule has 2 aromatic heterocycles. The van der Waals surface area contributed by atoms with Gasteiger partial charge in [0.15, 0.2) is 5.69 Å². The molecule has 2 heterocycles. The van der Waals surface area contributed by atoms with Gasteiger partial charge in [-0.1, -0.05) is 18.6 Å². The van der Waals surface area contributed by atoms with Crippen molar-refractivity contribution in [3.05, 3.63) is 35.4 Å². The van der Waals surface area contributed by atoms with Crippen molar-refractivity contribution >= 4 is 5.97 Å². The molecule has 6 heteroatoms. The molecule has 0 unspecified atom stereocenters. The molecule has 0 fully saturated rings. The molecule has 94 valence electrons. The van der Waals surface area contributed by atoms with E-state index in [2.05, 4.69) is 15.3 Å². The molecule has 0 atom stereocenters. The maximum atomic E-state index is 11.1. The normalized spacial score (nSPS) is 10.6. The molecule has 0 aromatic carbocycles. The number of aromatic carboxylic acids is 1. The Labute approximate surface area is 104 Å². The highest BCUT2D eigenvalue weighted by atomic mass is 16.4. The summed E-state index contributed by atoms with van der Waals surface area (Å²) in [6, 6.07) is 1.90. The van der Waals surface area contributed by atoms with Gasteiger partial charge in [-0.05, 0) is 25.0 Å². The van der Waals surface area contributed by atoms with E-state index in [4.69, 9.17) is 5.11 Å². The number of carboxylic acids is 1. The van der Waals surface area contributed by atoms with Crippen LogP contribution in [0, 0.1) is 6.92 Å². The molecule has 0 saturated carbocycles. The number of rotatable bonds is 4. The predicted molar refractivity (Wildman–Crippen MR) is 64.8 cm³/mol. The molecule has 2 rings (SSSR count). The van der Waals surface area contributed by atoms with Crippen molar-refractivity contribution in [3.8, 4) is 5.69 Å². The second kappa shape index (κ2) is 4.95. The standard InChI is InChI=1S/C12H14N4O2/c1-3-4-10-11(12(17)18)14-15-16(10)9-5-8(2)6-13-7-9/h5-7H,3-4H2,1-2H3,(H,17,18). The molecule has 0 aliphatic carbocycles. The fourth-order valence-corrected chi connectivity index (χ4v) is 1.79. The Balaban J connectivity index is 2.54. The molecule has 0 amide bonds. The van der Waals surface area contributed by atoms with Gasteiger partial charge in [-0.3, -0.25) is 4.98 Å². The highest BCUT2D eigenvalue weighted by Gasteiger charge is 2.19. The molecule has 0 bridgehead atoms. The summed E-state index contributed by atoms with van der Waals surface area (Å²) in [4.78, 5) is 15.2. The van der Waals surface area contributed by atoms with Gasteiger partial charge < -0.3 is 5.11 Å². The van der Waals surface area contributed by atoms with Crippen LogP contribution in [0.2, 0.25) is 0 Å². The lowest BCUT2D eigenvalue weighted by molar-refractivity contribution is 0.0689. The minimum Gasteiger partial charge on any atom is -0.476 e. The molecule has 0 aliphatic heterocycles. The second-order valence-electron chi connectivity index (χ2n) is 4.07. The van der Waals surface area contributed by atoms with Crippen molar-refractivity contribution in [1.82, 2.24) is 20.0 Å². The van der Waals surface area contributed by atoms with E-state index in [1.807, 2.05) is 19.9 Å². The fourth-order valence-electron chi connectivity index (χ4n) is 1.79. The zero-order valence-corrected chi connectivity index (χ0v) is 10.3. The van der Waals surface area contributed by atoms with Crippen LogP contribution in [0.25, 0.3) is 5.69 Å². The van der Waals surface area contributed by atoms with Gasteiger partial charge in [-0.2, -0.15) is 0 Å². The topological polar surface area (TPSA) is 80.9 Å². The van der Waals surface area contributed by atoms with E-state index in [0.717, 1.165) is 17.7 Å². The van der Waals surface area contributed by atoms with Crippen LogP contribution < -0.4 is 0 Å². The fraction of sp³-hybridized carbons (Fsp3) is 0.333. The zero-order chi connectivity index (χ0) is 13.1. The summed E-state index contributed by atoms with van der Waals surface area (Å²) >= 11 is 0. The summed E-state index contributed by atoms with van der Waals surface area (Å²) in [6.07, 6.45) is 4.82. The van der Waals surface area contributed by atoms with Gasteiger partial charge in [0.25, 0.3) is 0 Å². The monoisotopic (exact) mass is 246 g/mol. The SMILES string of the molecule is CCCc1c(C(=O)O)nnn1-c1cncc(C)c1. The summed E-state index contributed by atoms with van der Waals surface area (Å²) in [5.41, 5.74) is 2.34. The van der Waals surface area contributed by atoms with E-state index in [9.17, 15) is 4.79 Å². The quantitative estimate of drug-likeness (QED) is 0.886. The van der Waals surface area contributed by atoms with Crippen molar-refractivity contribution in [2.75, 3.05) is 0 Å². The van der Waals surface area contributed by atoms with Crippen LogP contribution >= 0.6 is 0 Å². The lowest BCUT2D eigenvalue weighted by atomic mass is 10.2. The smallest absolute Gasteiger partial charge is 0.358 e. The highest BCUT2D eigenvalue weighted by molar-refractivity contribution is 5.86. The van der Waals surface area contributed by atoms with Crippen molar-refractivity contribution in [2.45, 2.75) is 26.7 Å². The van der Waals surface area contributed by atoms with Gasteiger partial charge in [0.05, 0.1) is 17.6 Å². The molecule has 0 radical (unpaired) electrons. The largest absolute Gasteiger partial charge is 0.476 e. The van der Waals surface area contributed by atoms with Gasteiger partial charge in [0.1, 0.15) is 0 Å². The Morgan fingerprint density at radius 1 is 1.44 bits per heavy atom. The van der Waals surface area contributed by atoms with E-state index < -0.39 is 5.97 Å². The van der Waals surface area contributed by atoms with Crippen LogP contribution in [0.15, 0.2) is 18.5 Å². The average Bonchev–Trinajstić information content (AvgIpc) is 2.73. The predicted octanol–water partition coefficient (Wildman–Crippen LogP) is 1.62. The van der Waals surface area contributed by atoms with Crippen molar-refractivity contribution < 1.29 is 9.90 Å². The summed E-state index contributed by atoms with van der Waals surface area (Å²) in [5, 5.41) is 16.7. The summed E-state index contributed by atoms with van der Waals surface area (Å²) < 4.78 is 1.55. The first-order chi connectivity index (χ1) is 8.63. The number of pyridine rings is 1. The molecule has 6 nitrogen and oxygen atoms in total. The number of hydrogen-bond acceptors (Lipinski definition) is 4. The Hall–Kier alpha value is -2.24. The van der Waals surface area contributed by atoms with Crippen LogP contribution in [0.1, 0.15) is 35.1 Å². The molecular weight excluding hydrogens is 232 g/mol. The van der Waals surface area contributed by atoms with E-state index >= 15 is 0 Å². The third-order valence-electron chi connectivity index (χ3n) is 2.56. The third-order valence-corrected chi connectivity index (χ3v) is 2.56. The summed E-state index contributed by atoms with van der Waals surface area (Å²) in [7, 11) is 0. The molecule has 2 aromatic rings. The Morgan fingerprint density at radius 3 is 2.83 bits per heavy atom. The van der Waals surface area contributed by atoms with Crippen molar-refractivity contribution in [1.29, 1.82) is 0 Å². The maximum Gasteiger partial charge on any atom is 0.358 e. The molecule has 1 N–H and O–H groups in total. The first kappa shape index (κ1) is 12.2. The minimum absolute atomic E-state index is 0.0124. The molecule has 0 aliphatic rings. The van der Waals surface area contributed by atoms with E-state index in [1.165, 1.54) is 0 Å². The number of hydrogen-bond donors (Lipinski definition) is 1. The first-order valence-corrected chi connectivity index (χ1v) is 5.73. The number of carboxylic acid groups (broad SMARTS) is 1. The van der Waals surface area contributed by atoms with Gasteiger partial charge in [0, 0.05) is 6.20 Å². The summed E-state index contributed by atoms with van der Waals surface area (Å²) in [5.74, 6) is -1.05. The maximum absolute atomic E-state index is 11.1. The molecule has 18 heavy (non-hydrogen) atoms. The Kier molecular flexibility index (Phi) is 3.36. The average molecular weight is 246 g/mol. The number of nitrogens with zero attached hydrogens (tertiary/aromatic N) is 4. The van der Waals surface area contributed by atoms with E-state index in [1.54, 1.807) is 17.1 Å². The zero-order valence-electron chi connectivity index (χ0n) is 10.3. The van der Waals surface area contributed by atoms with Gasteiger partial charge in [0.2, 0.25) is 0 Å². The number of aryl methyl sites for hydroxylation is 1. The molecular formula is C12H14N4O2. The highest BCUT2D eigenvalue weighted by Crippen LogP contribution is 2.15. The number of aromatic nitrogens is 4. The van der Waals surface area contributed by atoms with Crippen LogP contribution in [-0.4, -0.2) is 31.1 Å². The number of carbonyl (C=O) groups is 1. The lowest BCUT2D eigenvalue weighted by Gasteiger charge is -2.06. The Morgan fingerprint density at radius 2 is 2.22 bits per heavy atom. The van der Waals surface area contributed by atoms with Gasteiger partial charge in [-0.15, -0.1) is 5.10 Å². The lowest BCUT2D eigenvalue weighted by Crippen LogP contribution is -2.07. The molecule has 0 saturated heterocycles. The minimum atomic E-state index is -1.05. The van der Waals surface area contributed by atoms with Crippen LogP contribution in [0.3, 0.4) is 0 Å². The summed E-state index contributed by atoms with van der Waals surface area (Å²) in [6.45, 7) is 3.91. The molecule has 0 spiro atoms. The van der Waals surface area contributed by atoms with E-state index in [0.29, 0.717) is 12.1 Å². The van der Waals surface area contributed by atoms with Crippen LogP contribution in [0.4, 0.5) is 0 Å². The van der Waals surface area contributed by atoms with Crippen LogP contribution in [-0.2, 0) is 6.42 Å². The van der Waals surface area contributed by atoms with Crippen LogP contribution in [0.5, 0.6) is 0 Å². The van der Waals surface area contributed by atoms with Gasteiger partial charge >= 0.3 is 5.97 Å². The van der Waals surface area contributed by atoms with E-state index in [-0.39, 0.29) is 5.69 Å². The second-order valence-corrected chi connectivity index (χ2v) is 4.07.